The molecular formula is C13H16N2O5S. The fourth-order valence-corrected chi connectivity index (χ4v) is 2.26. The highest BCUT2D eigenvalue weighted by Crippen LogP contribution is 2.28. The van der Waals surface area contributed by atoms with Crippen LogP contribution in [0.1, 0.15) is 24.2 Å². The van der Waals surface area contributed by atoms with Crippen LogP contribution in [0, 0.1) is 16.0 Å². The van der Waals surface area contributed by atoms with Crippen molar-refractivity contribution < 1.29 is 19.6 Å². The molecule has 1 aromatic rings. The highest BCUT2D eigenvalue weighted by Gasteiger charge is 2.25. The van der Waals surface area contributed by atoms with E-state index in [0.717, 1.165) is 6.07 Å². The van der Waals surface area contributed by atoms with Gasteiger partial charge in [-0.1, -0.05) is 13.8 Å². The Labute approximate surface area is 125 Å². The van der Waals surface area contributed by atoms with Gasteiger partial charge < -0.3 is 10.4 Å². The zero-order chi connectivity index (χ0) is 16.2. The number of amides is 1. The minimum absolute atomic E-state index is 0.0615. The Morgan fingerprint density at radius 3 is 2.43 bits per heavy atom. The lowest BCUT2D eigenvalue weighted by Gasteiger charge is -2.17. The summed E-state index contributed by atoms with van der Waals surface area (Å²) in [6, 6.07) is 3.02. The van der Waals surface area contributed by atoms with E-state index in [1.807, 2.05) is 0 Å². The van der Waals surface area contributed by atoms with Gasteiger partial charge in [0.15, 0.2) is 0 Å². The minimum atomic E-state index is -1.14. The molecule has 1 rings (SSSR count). The molecule has 21 heavy (non-hydrogen) atoms. The van der Waals surface area contributed by atoms with Crippen molar-refractivity contribution in [3.8, 4) is 0 Å². The van der Waals surface area contributed by atoms with E-state index in [2.05, 4.69) is 5.32 Å². The number of carbonyl (C=O) groups is 2. The second-order valence-corrected chi connectivity index (χ2v) is 5.53. The maximum atomic E-state index is 12.0. The van der Waals surface area contributed by atoms with Gasteiger partial charge in [-0.2, -0.15) is 0 Å². The Balaban J connectivity index is 3.05. The van der Waals surface area contributed by atoms with Crippen molar-refractivity contribution in [1.29, 1.82) is 0 Å². The van der Waals surface area contributed by atoms with Crippen LogP contribution in [0.3, 0.4) is 0 Å². The van der Waals surface area contributed by atoms with Crippen molar-refractivity contribution in [2.75, 3.05) is 6.26 Å². The second kappa shape index (κ2) is 7.07. The van der Waals surface area contributed by atoms with Gasteiger partial charge in [0.25, 0.3) is 11.6 Å². The van der Waals surface area contributed by atoms with E-state index in [-0.39, 0.29) is 17.2 Å². The zero-order valence-electron chi connectivity index (χ0n) is 11.8. The van der Waals surface area contributed by atoms with Gasteiger partial charge in [-0.25, -0.2) is 4.79 Å². The number of nitrogens with zero attached hydrogens (tertiary/aromatic N) is 1. The van der Waals surface area contributed by atoms with Crippen LogP contribution in [-0.2, 0) is 4.79 Å². The molecule has 0 aliphatic rings. The van der Waals surface area contributed by atoms with E-state index < -0.39 is 22.8 Å². The van der Waals surface area contributed by atoms with E-state index in [4.69, 9.17) is 5.11 Å². The standard InChI is InChI=1S/C13H16N2O5S/c1-7(2)11(13(17)18)14-12(16)8-4-5-10(21-3)9(6-8)15(19)20/h4-7,11H,1-3H3,(H,14,16)(H,17,18). The van der Waals surface area contributed by atoms with Crippen molar-refractivity contribution in [1.82, 2.24) is 5.32 Å². The third-order valence-electron chi connectivity index (χ3n) is 2.86. The van der Waals surface area contributed by atoms with Gasteiger partial charge in [-0.05, 0) is 24.3 Å². The molecule has 0 fully saturated rings. The Morgan fingerprint density at radius 2 is 2.00 bits per heavy atom. The molecule has 0 saturated heterocycles. The smallest absolute Gasteiger partial charge is 0.326 e. The van der Waals surface area contributed by atoms with E-state index in [1.54, 1.807) is 20.1 Å². The molecule has 0 aromatic heterocycles. The number of carbonyl (C=O) groups excluding carboxylic acids is 1. The number of carboxylic acids is 1. The number of nitrogens with one attached hydrogen (secondary N) is 1. The van der Waals surface area contributed by atoms with E-state index >= 15 is 0 Å². The Hall–Kier alpha value is -2.09. The molecule has 0 heterocycles. The summed E-state index contributed by atoms with van der Waals surface area (Å²) in [6.07, 6.45) is 1.70. The van der Waals surface area contributed by atoms with Crippen LogP contribution in [0.2, 0.25) is 0 Å². The van der Waals surface area contributed by atoms with Crippen molar-refractivity contribution in [3.05, 3.63) is 33.9 Å². The van der Waals surface area contributed by atoms with E-state index in [1.165, 1.54) is 23.9 Å². The zero-order valence-corrected chi connectivity index (χ0v) is 12.6. The molecule has 8 heteroatoms. The molecule has 1 aromatic carbocycles. The second-order valence-electron chi connectivity index (χ2n) is 4.68. The number of benzene rings is 1. The van der Waals surface area contributed by atoms with Crippen molar-refractivity contribution in [2.24, 2.45) is 5.92 Å². The van der Waals surface area contributed by atoms with Crippen molar-refractivity contribution in [3.63, 3.8) is 0 Å². The monoisotopic (exact) mass is 312 g/mol. The number of nitro groups is 1. The lowest BCUT2D eigenvalue weighted by molar-refractivity contribution is -0.387. The Kier molecular flexibility index (Phi) is 5.71. The van der Waals surface area contributed by atoms with Gasteiger partial charge in [0, 0.05) is 11.6 Å². The van der Waals surface area contributed by atoms with Gasteiger partial charge in [0.05, 0.1) is 9.82 Å². The summed E-state index contributed by atoms with van der Waals surface area (Å²) in [4.78, 5) is 33.9. The minimum Gasteiger partial charge on any atom is -0.480 e. The first-order valence-corrected chi connectivity index (χ1v) is 7.36. The molecule has 0 bridgehead atoms. The molecule has 114 valence electrons. The normalized spacial score (nSPS) is 12.0. The lowest BCUT2D eigenvalue weighted by atomic mass is 10.0. The molecule has 0 radical (unpaired) electrons. The fraction of sp³-hybridized carbons (Fsp3) is 0.385. The van der Waals surface area contributed by atoms with Gasteiger partial charge in [-0.3, -0.25) is 14.9 Å². The van der Waals surface area contributed by atoms with Gasteiger partial charge in [-0.15, -0.1) is 11.8 Å². The number of hydrogen-bond donors (Lipinski definition) is 2. The molecular weight excluding hydrogens is 296 g/mol. The number of nitro benzene ring substituents is 1. The summed E-state index contributed by atoms with van der Waals surface area (Å²) < 4.78 is 0. The number of thioether (sulfide) groups is 1. The molecule has 0 spiro atoms. The Bertz CT molecular complexity index is 574. The average Bonchev–Trinajstić information content (AvgIpc) is 2.42. The highest BCUT2D eigenvalue weighted by molar-refractivity contribution is 7.98. The van der Waals surface area contributed by atoms with Crippen LogP contribution in [-0.4, -0.2) is 34.2 Å². The molecule has 2 N–H and O–H groups in total. The molecule has 0 saturated carbocycles. The summed E-state index contributed by atoms with van der Waals surface area (Å²) in [5.74, 6) is -2.09. The quantitative estimate of drug-likeness (QED) is 0.473. The number of hydrogen-bond acceptors (Lipinski definition) is 5. The van der Waals surface area contributed by atoms with Crippen LogP contribution < -0.4 is 5.32 Å². The molecule has 0 aliphatic carbocycles. The van der Waals surface area contributed by atoms with Crippen molar-refractivity contribution in [2.45, 2.75) is 24.8 Å². The first-order valence-electron chi connectivity index (χ1n) is 6.14. The molecule has 7 nitrogen and oxygen atoms in total. The third-order valence-corrected chi connectivity index (χ3v) is 3.64. The number of aliphatic carboxylic acids is 1. The topological polar surface area (TPSA) is 110 Å². The van der Waals surface area contributed by atoms with E-state index in [0.29, 0.717) is 4.90 Å². The summed E-state index contributed by atoms with van der Waals surface area (Å²) in [6.45, 7) is 3.33. The lowest BCUT2D eigenvalue weighted by Crippen LogP contribution is -2.44. The molecule has 1 atom stereocenters. The average molecular weight is 312 g/mol. The predicted octanol–water partition coefficient (Wildman–Crippen LogP) is 2.16. The van der Waals surface area contributed by atoms with Crippen LogP contribution in [0.4, 0.5) is 5.69 Å². The largest absolute Gasteiger partial charge is 0.480 e. The van der Waals surface area contributed by atoms with Gasteiger partial charge in [0.2, 0.25) is 0 Å². The van der Waals surface area contributed by atoms with E-state index in [9.17, 15) is 19.7 Å². The van der Waals surface area contributed by atoms with Crippen LogP contribution >= 0.6 is 11.8 Å². The fourth-order valence-electron chi connectivity index (χ4n) is 1.71. The number of carboxylic acid groups (broad SMARTS) is 1. The predicted molar refractivity (Wildman–Crippen MR) is 78.6 cm³/mol. The maximum Gasteiger partial charge on any atom is 0.326 e. The van der Waals surface area contributed by atoms with Crippen LogP contribution in [0.25, 0.3) is 0 Å². The molecule has 1 amide bonds. The molecule has 0 aliphatic heterocycles. The van der Waals surface area contributed by atoms with Crippen LogP contribution in [0.15, 0.2) is 23.1 Å². The van der Waals surface area contributed by atoms with Crippen LogP contribution in [0.5, 0.6) is 0 Å². The maximum absolute atomic E-state index is 12.0. The summed E-state index contributed by atoms with van der Waals surface area (Å²) in [7, 11) is 0. The van der Waals surface area contributed by atoms with Gasteiger partial charge in [0.1, 0.15) is 6.04 Å². The summed E-state index contributed by atoms with van der Waals surface area (Å²) in [5.41, 5.74) is -0.113. The summed E-state index contributed by atoms with van der Waals surface area (Å²) >= 11 is 1.20. The SMILES string of the molecule is CSc1ccc(C(=O)NC(C(=O)O)C(C)C)cc1[N+](=O)[O-]. The van der Waals surface area contributed by atoms with Gasteiger partial charge >= 0.3 is 5.97 Å². The highest BCUT2D eigenvalue weighted by atomic mass is 32.2. The Morgan fingerprint density at radius 1 is 1.38 bits per heavy atom. The first-order chi connectivity index (χ1) is 9.77. The number of rotatable bonds is 6. The molecule has 1 unspecified atom stereocenters. The van der Waals surface area contributed by atoms with Crippen molar-refractivity contribution >= 4 is 29.3 Å². The summed E-state index contributed by atoms with van der Waals surface area (Å²) in [5, 5.41) is 22.4. The third kappa shape index (κ3) is 4.19. The first kappa shape index (κ1) is 17.0.